The van der Waals surface area contributed by atoms with Gasteiger partial charge in [0.25, 0.3) is 0 Å². The molecule has 0 atom stereocenters. The summed E-state index contributed by atoms with van der Waals surface area (Å²) in [4.78, 5) is 18.7. The third kappa shape index (κ3) is 4.48. The molecule has 0 amide bonds. The van der Waals surface area contributed by atoms with E-state index in [2.05, 4.69) is 34.2 Å². The minimum Gasteiger partial charge on any atom is -0.478 e. The Balaban J connectivity index is 0.00000225. The number of aromatic nitrogens is 2. The van der Waals surface area contributed by atoms with Crippen LogP contribution < -0.4 is 0 Å². The lowest BCUT2D eigenvalue weighted by Gasteiger charge is -2.00. The third-order valence-corrected chi connectivity index (χ3v) is 4.41. The number of H-pyrrole nitrogens is 1. The number of halogens is 1. The smallest absolute Gasteiger partial charge is 0.328 e. The van der Waals surface area contributed by atoms with E-state index in [4.69, 9.17) is 5.11 Å². The summed E-state index contributed by atoms with van der Waals surface area (Å²) in [7, 11) is 0. The van der Waals surface area contributed by atoms with Crippen LogP contribution in [-0.4, -0.2) is 21.0 Å². The van der Waals surface area contributed by atoms with Gasteiger partial charge in [-0.25, -0.2) is 9.78 Å². The van der Waals surface area contributed by atoms with E-state index in [1.165, 1.54) is 5.56 Å². The van der Waals surface area contributed by atoms with E-state index in [0.717, 1.165) is 39.6 Å². The van der Waals surface area contributed by atoms with E-state index in [9.17, 15) is 4.79 Å². The molecule has 3 aromatic carbocycles. The molecule has 2 N–H and O–H groups in total. The lowest BCUT2D eigenvalue weighted by Crippen LogP contribution is -1.91. The number of carboxylic acids is 1. The van der Waals surface area contributed by atoms with Gasteiger partial charge in [-0.1, -0.05) is 60.7 Å². The van der Waals surface area contributed by atoms with E-state index < -0.39 is 5.97 Å². The van der Waals surface area contributed by atoms with Crippen LogP contribution in [0.15, 0.2) is 78.9 Å². The topological polar surface area (TPSA) is 66.0 Å². The maximum Gasteiger partial charge on any atom is 0.328 e. The fourth-order valence-electron chi connectivity index (χ4n) is 3.06. The minimum absolute atomic E-state index is 0. The predicted molar refractivity (Wildman–Crippen MR) is 115 cm³/mol. The van der Waals surface area contributed by atoms with Crippen molar-refractivity contribution in [1.29, 1.82) is 0 Å². The lowest BCUT2D eigenvalue weighted by atomic mass is 10.1. The number of carboxylic acid groups (broad SMARTS) is 1. The molecular weight excluding hydrogens is 372 g/mol. The van der Waals surface area contributed by atoms with Crippen LogP contribution in [-0.2, 0) is 11.2 Å². The molecule has 28 heavy (non-hydrogen) atoms. The molecule has 5 heteroatoms. The van der Waals surface area contributed by atoms with Crippen molar-refractivity contribution < 1.29 is 9.90 Å². The van der Waals surface area contributed by atoms with Gasteiger partial charge in [-0.15, -0.1) is 12.4 Å². The summed E-state index contributed by atoms with van der Waals surface area (Å²) in [6, 6.07) is 24.3. The number of imidazole rings is 1. The maximum absolute atomic E-state index is 10.6. The number of benzene rings is 3. The maximum atomic E-state index is 10.6. The third-order valence-electron chi connectivity index (χ3n) is 4.41. The van der Waals surface area contributed by atoms with Crippen molar-refractivity contribution in [3.63, 3.8) is 0 Å². The van der Waals surface area contributed by atoms with E-state index in [1.807, 2.05) is 48.5 Å². The molecule has 0 aliphatic heterocycles. The fourth-order valence-corrected chi connectivity index (χ4v) is 3.06. The van der Waals surface area contributed by atoms with Crippen LogP contribution in [0.25, 0.3) is 28.2 Å². The van der Waals surface area contributed by atoms with E-state index in [1.54, 1.807) is 6.08 Å². The van der Waals surface area contributed by atoms with Crippen molar-refractivity contribution in [1.82, 2.24) is 9.97 Å². The average Bonchev–Trinajstić information content (AvgIpc) is 3.09. The van der Waals surface area contributed by atoms with Gasteiger partial charge in [0.1, 0.15) is 5.82 Å². The summed E-state index contributed by atoms with van der Waals surface area (Å²) in [6.45, 7) is 0. The molecule has 1 aromatic heterocycles. The lowest BCUT2D eigenvalue weighted by molar-refractivity contribution is -0.131. The Morgan fingerprint density at radius 2 is 1.71 bits per heavy atom. The van der Waals surface area contributed by atoms with Crippen LogP contribution in [0.3, 0.4) is 0 Å². The van der Waals surface area contributed by atoms with E-state index in [0.29, 0.717) is 6.42 Å². The normalized spacial score (nSPS) is 10.9. The van der Waals surface area contributed by atoms with Crippen molar-refractivity contribution in [2.24, 2.45) is 0 Å². The SMILES string of the molecule is Cl.O=C(O)/C=C/c1ccc(Cc2nc3ccc(-c4ccccc4)cc3[nH]2)cc1. The number of nitrogens with zero attached hydrogens (tertiary/aromatic N) is 1. The summed E-state index contributed by atoms with van der Waals surface area (Å²) in [5.41, 5.74) is 6.29. The summed E-state index contributed by atoms with van der Waals surface area (Å²) >= 11 is 0. The number of hydrogen-bond donors (Lipinski definition) is 2. The molecule has 4 aromatic rings. The van der Waals surface area contributed by atoms with Gasteiger partial charge in [0, 0.05) is 12.5 Å². The molecule has 4 nitrogen and oxygen atoms in total. The van der Waals surface area contributed by atoms with Crippen molar-refractivity contribution in [3.05, 3.63) is 95.8 Å². The first kappa shape index (κ1) is 19.4. The van der Waals surface area contributed by atoms with Crippen LogP contribution >= 0.6 is 12.4 Å². The Morgan fingerprint density at radius 1 is 0.964 bits per heavy atom. The number of aromatic amines is 1. The Morgan fingerprint density at radius 3 is 2.43 bits per heavy atom. The van der Waals surface area contributed by atoms with Crippen LogP contribution in [0, 0.1) is 0 Å². The Bertz CT molecular complexity index is 1120. The molecule has 1 heterocycles. The molecule has 0 radical (unpaired) electrons. The number of nitrogens with one attached hydrogen (secondary N) is 1. The number of rotatable bonds is 5. The van der Waals surface area contributed by atoms with Gasteiger partial charge in [0.05, 0.1) is 11.0 Å². The monoisotopic (exact) mass is 390 g/mol. The first-order valence-corrected chi connectivity index (χ1v) is 8.71. The molecule has 0 aliphatic carbocycles. The van der Waals surface area contributed by atoms with Crippen LogP contribution in [0.4, 0.5) is 0 Å². The van der Waals surface area contributed by atoms with Gasteiger partial charge >= 0.3 is 5.97 Å². The minimum atomic E-state index is -0.948. The molecule has 140 valence electrons. The number of carbonyl (C=O) groups is 1. The highest BCUT2D eigenvalue weighted by atomic mass is 35.5. The summed E-state index contributed by atoms with van der Waals surface area (Å²) < 4.78 is 0. The number of hydrogen-bond acceptors (Lipinski definition) is 2. The molecule has 0 unspecified atom stereocenters. The molecule has 0 spiro atoms. The largest absolute Gasteiger partial charge is 0.478 e. The molecule has 0 saturated carbocycles. The molecule has 0 bridgehead atoms. The zero-order valence-corrected chi connectivity index (χ0v) is 15.8. The van der Waals surface area contributed by atoms with Crippen molar-refractivity contribution in [2.45, 2.75) is 6.42 Å². The van der Waals surface area contributed by atoms with E-state index in [-0.39, 0.29) is 12.4 Å². The fraction of sp³-hybridized carbons (Fsp3) is 0.0435. The Labute approximate surface area is 169 Å². The van der Waals surface area contributed by atoms with Gasteiger partial charge in [0.2, 0.25) is 0 Å². The van der Waals surface area contributed by atoms with Gasteiger partial charge in [-0.3, -0.25) is 0 Å². The van der Waals surface area contributed by atoms with Crippen LogP contribution in [0.5, 0.6) is 0 Å². The zero-order valence-electron chi connectivity index (χ0n) is 15.0. The van der Waals surface area contributed by atoms with Crippen molar-refractivity contribution >= 4 is 35.5 Å². The van der Waals surface area contributed by atoms with Crippen LogP contribution in [0.1, 0.15) is 17.0 Å². The summed E-state index contributed by atoms with van der Waals surface area (Å²) in [5, 5.41) is 8.69. The van der Waals surface area contributed by atoms with Crippen molar-refractivity contribution in [3.8, 4) is 11.1 Å². The summed E-state index contributed by atoms with van der Waals surface area (Å²) in [5.74, 6) is -0.0414. The highest BCUT2D eigenvalue weighted by molar-refractivity contribution is 5.85. The first-order chi connectivity index (χ1) is 13.2. The highest BCUT2D eigenvalue weighted by Gasteiger charge is 2.06. The molecule has 4 rings (SSSR count). The number of fused-ring (bicyclic) bond motifs is 1. The predicted octanol–water partition coefficient (Wildman–Crippen LogP) is 5.34. The standard InChI is InChI=1S/C23H18N2O2.ClH/c26-23(27)13-10-16-6-8-17(9-7-16)14-22-24-20-12-11-19(15-21(20)25-22)18-4-2-1-3-5-18;/h1-13,15H,14H2,(H,24,25)(H,26,27);1H/b13-10+;. The second-order valence-electron chi connectivity index (χ2n) is 6.37. The second-order valence-corrected chi connectivity index (χ2v) is 6.37. The van der Waals surface area contributed by atoms with Gasteiger partial charge in [-0.2, -0.15) is 0 Å². The van der Waals surface area contributed by atoms with Crippen molar-refractivity contribution in [2.75, 3.05) is 0 Å². The average molecular weight is 391 g/mol. The van der Waals surface area contributed by atoms with E-state index >= 15 is 0 Å². The van der Waals surface area contributed by atoms with Gasteiger partial charge < -0.3 is 10.1 Å². The Hall–Kier alpha value is -3.37. The number of aliphatic carboxylic acids is 1. The highest BCUT2D eigenvalue weighted by Crippen LogP contribution is 2.23. The zero-order chi connectivity index (χ0) is 18.6. The molecule has 0 aliphatic rings. The Kier molecular flexibility index (Phi) is 5.92. The van der Waals surface area contributed by atoms with Crippen LogP contribution in [0.2, 0.25) is 0 Å². The molecule has 0 fully saturated rings. The van der Waals surface area contributed by atoms with Gasteiger partial charge in [-0.05, 0) is 40.5 Å². The first-order valence-electron chi connectivity index (χ1n) is 8.71. The summed E-state index contributed by atoms with van der Waals surface area (Å²) in [6.07, 6.45) is 3.41. The second kappa shape index (κ2) is 8.55. The molecular formula is C23H19ClN2O2. The quantitative estimate of drug-likeness (QED) is 0.452. The van der Waals surface area contributed by atoms with Gasteiger partial charge in [0.15, 0.2) is 0 Å². The molecule has 0 saturated heterocycles.